The number of carbonyl (C=O) groups excluding carboxylic acids is 1. The topological polar surface area (TPSA) is 47.6 Å². The fraction of sp³-hybridized carbons (Fsp3) is 0.381. The molecule has 1 N–H and O–H groups in total. The van der Waals surface area contributed by atoms with E-state index in [4.69, 9.17) is 9.47 Å². The van der Waals surface area contributed by atoms with Gasteiger partial charge in [-0.05, 0) is 51.0 Å². The highest BCUT2D eigenvalue weighted by Gasteiger charge is 2.14. The second-order valence-corrected chi connectivity index (χ2v) is 6.30. The van der Waals surface area contributed by atoms with E-state index in [2.05, 4.69) is 5.32 Å². The van der Waals surface area contributed by atoms with Crippen LogP contribution in [0.3, 0.4) is 0 Å². The highest BCUT2D eigenvalue weighted by molar-refractivity contribution is 5.76. The molecule has 0 heterocycles. The fourth-order valence-corrected chi connectivity index (χ4v) is 2.71. The van der Waals surface area contributed by atoms with Gasteiger partial charge in [0, 0.05) is 12.0 Å². The number of hydrogen-bond acceptors (Lipinski definition) is 3. The molecule has 25 heavy (non-hydrogen) atoms. The van der Waals surface area contributed by atoms with E-state index >= 15 is 0 Å². The van der Waals surface area contributed by atoms with Crippen LogP contribution in [-0.2, 0) is 4.79 Å². The molecule has 0 radical (unpaired) electrons. The van der Waals surface area contributed by atoms with E-state index in [-0.39, 0.29) is 11.9 Å². The maximum atomic E-state index is 12.2. The molecule has 0 saturated carbocycles. The van der Waals surface area contributed by atoms with Crippen LogP contribution in [0.4, 0.5) is 0 Å². The van der Waals surface area contributed by atoms with Crippen molar-refractivity contribution in [2.24, 2.45) is 0 Å². The van der Waals surface area contributed by atoms with Crippen molar-refractivity contribution in [2.75, 3.05) is 13.7 Å². The summed E-state index contributed by atoms with van der Waals surface area (Å²) >= 11 is 0. The number of ether oxygens (including phenoxy) is 2. The maximum Gasteiger partial charge on any atom is 0.220 e. The van der Waals surface area contributed by atoms with Crippen LogP contribution in [0.1, 0.15) is 42.5 Å². The zero-order chi connectivity index (χ0) is 18.2. The number of aryl methyl sites for hydroxylation is 2. The van der Waals surface area contributed by atoms with Crippen LogP contribution in [-0.4, -0.2) is 19.6 Å². The molecule has 2 rings (SSSR count). The Balaban J connectivity index is 1.79. The van der Waals surface area contributed by atoms with E-state index in [1.807, 2.05) is 63.2 Å². The predicted molar refractivity (Wildman–Crippen MR) is 100 cm³/mol. The molecule has 0 aliphatic heterocycles. The molecule has 0 aliphatic rings. The molecule has 0 fully saturated rings. The van der Waals surface area contributed by atoms with E-state index < -0.39 is 0 Å². The minimum atomic E-state index is -0.0972. The number of nitrogens with one attached hydrogen (secondary N) is 1. The molecule has 0 aromatic heterocycles. The first kappa shape index (κ1) is 18.8. The smallest absolute Gasteiger partial charge is 0.220 e. The molecule has 0 saturated heterocycles. The van der Waals surface area contributed by atoms with Gasteiger partial charge < -0.3 is 14.8 Å². The van der Waals surface area contributed by atoms with Crippen LogP contribution < -0.4 is 14.8 Å². The van der Waals surface area contributed by atoms with Gasteiger partial charge in [0.05, 0.1) is 19.8 Å². The van der Waals surface area contributed by atoms with E-state index in [1.165, 1.54) is 0 Å². The first-order valence-corrected chi connectivity index (χ1v) is 8.63. The zero-order valence-electron chi connectivity index (χ0n) is 15.5. The van der Waals surface area contributed by atoms with Gasteiger partial charge in [-0.3, -0.25) is 4.79 Å². The number of amides is 1. The van der Waals surface area contributed by atoms with Crippen LogP contribution in [0.25, 0.3) is 0 Å². The summed E-state index contributed by atoms with van der Waals surface area (Å²) < 4.78 is 11.1. The Morgan fingerprint density at radius 2 is 1.88 bits per heavy atom. The summed E-state index contributed by atoms with van der Waals surface area (Å²) in [5.41, 5.74) is 3.30. The molecule has 4 heteroatoms. The van der Waals surface area contributed by atoms with Crippen molar-refractivity contribution >= 4 is 5.91 Å². The Labute approximate surface area is 150 Å². The largest absolute Gasteiger partial charge is 0.496 e. The molecule has 2 aromatic carbocycles. The van der Waals surface area contributed by atoms with Gasteiger partial charge in [0.25, 0.3) is 0 Å². The number of benzene rings is 2. The van der Waals surface area contributed by atoms with Crippen molar-refractivity contribution in [2.45, 2.75) is 39.7 Å². The molecule has 1 atom stereocenters. The Bertz CT molecular complexity index is 712. The van der Waals surface area contributed by atoms with Gasteiger partial charge in [-0.1, -0.05) is 29.8 Å². The third-order valence-corrected chi connectivity index (χ3v) is 4.04. The number of methoxy groups -OCH3 is 1. The third-order valence-electron chi connectivity index (χ3n) is 4.04. The van der Waals surface area contributed by atoms with E-state index in [1.54, 1.807) is 7.11 Å². The SMILES string of the molecule is COc1ccc(C)cc1[C@H](C)NC(=O)CCCOc1cccc(C)c1. The zero-order valence-corrected chi connectivity index (χ0v) is 15.5. The monoisotopic (exact) mass is 341 g/mol. The first-order valence-electron chi connectivity index (χ1n) is 8.63. The molecule has 0 unspecified atom stereocenters. The second kappa shape index (κ2) is 9.11. The van der Waals surface area contributed by atoms with E-state index in [0.29, 0.717) is 19.4 Å². The number of hydrogen-bond donors (Lipinski definition) is 1. The van der Waals surface area contributed by atoms with Gasteiger partial charge in [0.15, 0.2) is 0 Å². The molecule has 0 bridgehead atoms. The van der Waals surface area contributed by atoms with Crippen molar-refractivity contribution in [3.05, 3.63) is 59.2 Å². The lowest BCUT2D eigenvalue weighted by Crippen LogP contribution is -2.27. The van der Waals surface area contributed by atoms with E-state index in [0.717, 1.165) is 28.2 Å². The first-order chi connectivity index (χ1) is 12.0. The predicted octanol–water partition coefficient (Wildman–Crippen LogP) is 4.35. The van der Waals surface area contributed by atoms with Crippen LogP contribution in [0.2, 0.25) is 0 Å². The van der Waals surface area contributed by atoms with Gasteiger partial charge in [0.1, 0.15) is 11.5 Å². The van der Waals surface area contributed by atoms with Gasteiger partial charge in [0.2, 0.25) is 5.91 Å². The molecule has 4 nitrogen and oxygen atoms in total. The highest BCUT2D eigenvalue weighted by Crippen LogP contribution is 2.26. The van der Waals surface area contributed by atoms with Crippen molar-refractivity contribution in [3.8, 4) is 11.5 Å². The van der Waals surface area contributed by atoms with Crippen LogP contribution in [0.15, 0.2) is 42.5 Å². The summed E-state index contributed by atoms with van der Waals surface area (Å²) in [7, 11) is 1.64. The molecular weight excluding hydrogens is 314 g/mol. The summed E-state index contributed by atoms with van der Waals surface area (Å²) in [6.45, 7) is 6.55. The third kappa shape index (κ3) is 5.82. The van der Waals surface area contributed by atoms with Crippen molar-refractivity contribution < 1.29 is 14.3 Å². The minimum absolute atomic E-state index is 0.0175. The summed E-state index contributed by atoms with van der Waals surface area (Å²) in [5.74, 6) is 1.66. The van der Waals surface area contributed by atoms with Crippen molar-refractivity contribution in [3.63, 3.8) is 0 Å². The van der Waals surface area contributed by atoms with Gasteiger partial charge >= 0.3 is 0 Å². The van der Waals surface area contributed by atoms with Gasteiger partial charge in [-0.25, -0.2) is 0 Å². The maximum absolute atomic E-state index is 12.2. The molecule has 0 aliphatic carbocycles. The average molecular weight is 341 g/mol. The Kier molecular flexibility index (Phi) is 6.87. The fourth-order valence-electron chi connectivity index (χ4n) is 2.71. The van der Waals surface area contributed by atoms with Crippen LogP contribution >= 0.6 is 0 Å². The quantitative estimate of drug-likeness (QED) is 0.726. The molecule has 2 aromatic rings. The lowest BCUT2D eigenvalue weighted by Gasteiger charge is -2.18. The molecule has 134 valence electrons. The Morgan fingerprint density at radius 3 is 2.60 bits per heavy atom. The second-order valence-electron chi connectivity index (χ2n) is 6.30. The lowest BCUT2D eigenvalue weighted by atomic mass is 10.0. The Hall–Kier alpha value is -2.49. The molecule has 1 amide bonds. The van der Waals surface area contributed by atoms with Crippen molar-refractivity contribution in [1.29, 1.82) is 0 Å². The summed E-state index contributed by atoms with van der Waals surface area (Å²) in [6.07, 6.45) is 1.11. The average Bonchev–Trinajstić information content (AvgIpc) is 2.58. The normalized spacial score (nSPS) is 11.7. The lowest BCUT2D eigenvalue weighted by molar-refractivity contribution is -0.121. The van der Waals surface area contributed by atoms with Gasteiger partial charge in [-0.15, -0.1) is 0 Å². The molecular formula is C21H27NO3. The standard InChI is InChI=1S/C21H27NO3/c1-15-7-5-8-18(13-15)25-12-6-9-21(23)22-17(3)19-14-16(2)10-11-20(19)24-4/h5,7-8,10-11,13-14,17H,6,9,12H2,1-4H3,(H,22,23)/t17-/m0/s1. The van der Waals surface area contributed by atoms with Crippen molar-refractivity contribution in [1.82, 2.24) is 5.32 Å². The van der Waals surface area contributed by atoms with Crippen LogP contribution in [0, 0.1) is 13.8 Å². The Morgan fingerprint density at radius 1 is 1.12 bits per heavy atom. The van der Waals surface area contributed by atoms with Crippen LogP contribution in [0.5, 0.6) is 11.5 Å². The van der Waals surface area contributed by atoms with E-state index in [9.17, 15) is 4.79 Å². The number of carbonyl (C=O) groups is 1. The summed E-state index contributed by atoms with van der Waals surface area (Å²) in [4.78, 5) is 12.2. The minimum Gasteiger partial charge on any atom is -0.496 e. The highest BCUT2D eigenvalue weighted by atomic mass is 16.5. The number of rotatable bonds is 8. The summed E-state index contributed by atoms with van der Waals surface area (Å²) in [6, 6.07) is 13.8. The molecule has 0 spiro atoms. The summed E-state index contributed by atoms with van der Waals surface area (Å²) in [5, 5.41) is 3.03. The van der Waals surface area contributed by atoms with Gasteiger partial charge in [-0.2, -0.15) is 0 Å².